The zero-order chi connectivity index (χ0) is 20.9. The molecule has 1 aromatic carbocycles. The number of hydrogen-bond acceptors (Lipinski definition) is 6. The van der Waals surface area contributed by atoms with Crippen molar-refractivity contribution in [3.63, 3.8) is 0 Å². The molecule has 10 heteroatoms. The van der Waals surface area contributed by atoms with Crippen LogP contribution in [0.15, 0.2) is 23.1 Å². The molecule has 0 unspecified atom stereocenters. The van der Waals surface area contributed by atoms with Gasteiger partial charge in [0, 0.05) is 45.2 Å². The Labute approximate surface area is 177 Å². The van der Waals surface area contributed by atoms with Gasteiger partial charge in [-0.15, -0.1) is 0 Å². The second-order valence-corrected chi connectivity index (χ2v) is 9.56. The van der Waals surface area contributed by atoms with Gasteiger partial charge in [-0.3, -0.25) is 9.69 Å². The first-order valence-corrected chi connectivity index (χ1v) is 11.6. The van der Waals surface area contributed by atoms with Gasteiger partial charge in [0.05, 0.1) is 30.2 Å². The number of carbonyl (C=O) groups is 1. The number of piperidine rings is 1. The minimum Gasteiger partial charge on any atom is -0.495 e. The van der Waals surface area contributed by atoms with Gasteiger partial charge in [-0.1, -0.05) is 11.6 Å². The number of ether oxygens (including phenoxy) is 2. The largest absolute Gasteiger partial charge is 0.495 e. The third-order valence-corrected chi connectivity index (χ3v) is 7.61. The molecule has 1 amide bonds. The topological polar surface area (TPSA) is 88.2 Å². The van der Waals surface area contributed by atoms with E-state index in [1.165, 1.54) is 23.5 Å². The number of benzene rings is 1. The summed E-state index contributed by atoms with van der Waals surface area (Å²) in [6.07, 6.45) is 1.01. The number of hydrogen-bond donors (Lipinski definition) is 1. The Kier molecular flexibility index (Phi) is 7.75. The van der Waals surface area contributed by atoms with Crippen LogP contribution in [0, 0.1) is 5.92 Å². The number of nitrogens with zero attached hydrogens (tertiary/aromatic N) is 2. The van der Waals surface area contributed by atoms with E-state index in [1.807, 2.05) is 0 Å². The van der Waals surface area contributed by atoms with Crippen LogP contribution in [-0.2, 0) is 19.6 Å². The maximum Gasteiger partial charge on any atom is 0.243 e. The minimum absolute atomic E-state index is 0.00259. The Balaban J connectivity index is 1.48. The summed E-state index contributed by atoms with van der Waals surface area (Å²) in [7, 11) is -2.17. The van der Waals surface area contributed by atoms with Crippen LogP contribution in [0.3, 0.4) is 0 Å². The molecule has 2 aliphatic rings. The average Bonchev–Trinajstić information content (AvgIpc) is 2.74. The summed E-state index contributed by atoms with van der Waals surface area (Å²) >= 11 is 6.07. The smallest absolute Gasteiger partial charge is 0.243 e. The van der Waals surface area contributed by atoms with Crippen molar-refractivity contribution in [1.29, 1.82) is 0 Å². The highest BCUT2D eigenvalue weighted by Crippen LogP contribution is 2.30. The lowest BCUT2D eigenvalue weighted by atomic mass is 9.97. The quantitative estimate of drug-likeness (QED) is 0.678. The first kappa shape index (κ1) is 22.3. The zero-order valence-electron chi connectivity index (χ0n) is 16.6. The number of amides is 1. The van der Waals surface area contributed by atoms with Crippen LogP contribution in [-0.4, -0.2) is 83.1 Å². The molecule has 0 aromatic heterocycles. The SMILES string of the molecule is COc1ccc(S(=O)(=O)N2CCC(C(=O)NCCN3CCOCC3)CC2)cc1Cl. The molecule has 1 N–H and O–H groups in total. The van der Waals surface area contributed by atoms with Crippen molar-refractivity contribution in [3.8, 4) is 5.75 Å². The first-order valence-electron chi connectivity index (χ1n) is 9.83. The first-order chi connectivity index (χ1) is 13.9. The molecule has 2 saturated heterocycles. The number of sulfonamides is 1. The van der Waals surface area contributed by atoms with E-state index in [0.717, 1.165) is 32.8 Å². The van der Waals surface area contributed by atoms with Gasteiger partial charge >= 0.3 is 0 Å². The molecule has 3 rings (SSSR count). The molecule has 0 atom stereocenters. The minimum atomic E-state index is -3.65. The van der Waals surface area contributed by atoms with E-state index in [9.17, 15) is 13.2 Å². The maximum atomic E-state index is 12.9. The number of nitrogens with one attached hydrogen (secondary N) is 1. The molecule has 0 bridgehead atoms. The summed E-state index contributed by atoms with van der Waals surface area (Å²) in [5.41, 5.74) is 0. The fourth-order valence-corrected chi connectivity index (χ4v) is 5.44. The van der Waals surface area contributed by atoms with Crippen LogP contribution in [0.1, 0.15) is 12.8 Å². The van der Waals surface area contributed by atoms with Crippen LogP contribution < -0.4 is 10.1 Å². The Bertz CT molecular complexity index is 806. The van der Waals surface area contributed by atoms with Crippen molar-refractivity contribution in [2.75, 3.05) is 59.6 Å². The van der Waals surface area contributed by atoms with Crippen molar-refractivity contribution in [3.05, 3.63) is 23.2 Å². The van der Waals surface area contributed by atoms with E-state index < -0.39 is 10.0 Å². The van der Waals surface area contributed by atoms with Gasteiger partial charge < -0.3 is 14.8 Å². The summed E-state index contributed by atoms with van der Waals surface area (Å²) in [4.78, 5) is 14.8. The lowest BCUT2D eigenvalue weighted by molar-refractivity contribution is -0.126. The normalized spacial score (nSPS) is 19.8. The number of morpholine rings is 1. The van der Waals surface area contributed by atoms with E-state index in [0.29, 0.717) is 38.2 Å². The Morgan fingerprint density at radius 3 is 2.55 bits per heavy atom. The molecule has 0 saturated carbocycles. The third-order valence-electron chi connectivity index (χ3n) is 5.42. The van der Waals surface area contributed by atoms with E-state index in [1.54, 1.807) is 6.07 Å². The number of rotatable bonds is 7. The van der Waals surface area contributed by atoms with Crippen molar-refractivity contribution < 1.29 is 22.7 Å². The summed E-state index contributed by atoms with van der Waals surface area (Å²) in [5.74, 6) is 0.270. The molecular formula is C19H28ClN3O5S. The highest BCUT2D eigenvalue weighted by Gasteiger charge is 2.32. The predicted octanol–water partition coefficient (Wildman–Crippen LogP) is 1.20. The molecule has 2 fully saturated rings. The number of methoxy groups -OCH3 is 1. The second kappa shape index (κ2) is 10.1. The van der Waals surface area contributed by atoms with E-state index in [2.05, 4.69) is 10.2 Å². The molecule has 29 heavy (non-hydrogen) atoms. The summed E-state index contributed by atoms with van der Waals surface area (Å²) in [5, 5.41) is 3.24. The van der Waals surface area contributed by atoms with Gasteiger partial charge in [-0.25, -0.2) is 8.42 Å². The second-order valence-electron chi connectivity index (χ2n) is 7.22. The molecular weight excluding hydrogens is 418 g/mol. The third kappa shape index (κ3) is 5.61. The number of carbonyl (C=O) groups excluding carboxylic acids is 1. The lowest BCUT2D eigenvalue weighted by Gasteiger charge is -2.31. The Morgan fingerprint density at radius 2 is 1.93 bits per heavy atom. The van der Waals surface area contributed by atoms with E-state index in [-0.39, 0.29) is 21.7 Å². The molecule has 2 heterocycles. The van der Waals surface area contributed by atoms with Crippen molar-refractivity contribution in [2.24, 2.45) is 5.92 Å². The highest BCUT2D eigenvalue weighted by molar-refractivity contribution is 7.89. The monoisotopic (exact) mass is 445 g/mol. The Hall–Kier alpha value is -1.39. The van der Waals surface area contributed by atoms with Crippen LogP contribution in [0.4, 0.5) is 0 Å². The molecule has 2 aliphatic heterocycles. The summed E-state index contributed by atoms with van der Waals surface area (Å²) in [6.45, 7) is 5.28. The highest BCUT2D eigenvalue weighted by atomic mass is 35.5. The van der Waals surface area contributed by atoms with Crippen molar-refractivity contribution in [2.45, 2.75) is 17.7 Å². The predicted molar refractivity (Wildman–Crippen MR) is 110 cm³/mol. The molecule has 0 radical (unpaired) electrons. The van der Waals surface area contributed by atoms with Gasteiger partial charge in [-0.2, -0.15) is 4.31 Å². The van der Waals surface area contributed by atoms with Crippen LogP contribution >= 0.6 is 11.6 Å². The van der Waals surface area contributed by atoms with Gasteiger partial charge in [-0.05, 0) is 31.0 Å². The maximum absolute atomic E-state index is 12.9. The van der Waals surface area contributed by atoms with Crippen molar-refractivity contribution in [1.82, 2.24) is 14.5 Å². The van der Waals surface area contributed by atoms with Crippen LogP contribution in [0.5, 0.6) is 5.75 Å². The fourth-order valence-electron chi connectivity index (χ4n) is 3.62. The molecule has 0 spiro atoms. The summed E-state index contributed by atoms with van der Waals surface area (Å²) in [6, 6.07) is 4.44. The Morgan fingerprint density at radius 1 is 1.24 bits per heavy atom. The van der Waals surface area contributed by atoms with E-state index in [4.69, 9.17) is 21.1 Å². The number of halogens is 1. The van der Waals surface area contributed by atoms with Crippen LogP contribution in [0.25, 0.3) is 0 Å². The lowest BCUT2D eigenvalue weighted by Crippen LogP contribution is -2.45. The summed E-state index contributed by atoms with van der Waals surface area (Å²) < 4.78 is 37.6. The van der Waals surface area contributed by atoms with Crippen molar-refractivity contribution >= 4 is 27.5 Å². The van der Waals surface area contributed by atoms with Gasteiger partial charge in [0.1, 0.15) is 5.75 Å². The molecule has 8 nitrogen and oxygen atoms in total. The van der Waals surface area contributed by atoms with E-state index >= 15 is 0 Å². The molecule has 1 aromatic rings. The van der Waals surface area contributed by atoms with Gasteiger partial charge in [0.2, 0.25) is 15.9 Å². The fraction of sp³-hybridized carbons (Fsp3) is 0.632. The van der Waals surface area contributed by atoms with Gasteiger partial charge in [0.15, 0.2) is 0 Å². The molecule has 162 valence electrons. The zero-order valence-corrected chi connectivity index (χ0v) is 18.2. The average molecular weight is 446 g/mol. The molecule has 0 aliphatic carbocycles. The van der Waals surface area contributed by atoms with Crippen LogP contribution in [0.2, 0.25) is 5.02 Å². The standard InChI is InChI=1S/C19H28ClN3O5S/c1-27-18-3-2-16(14-17(18)20)29(25,26)23-7-4-15(5-8-23)19(24)21-6-9-22-10-12-28-13-11-22/h2-3,14-15H,4-13H2,1H3,(H,21,24). The van der Waals surface area contributed by atoms with Gasteiger partial charge in [0.25, 0.3) is 0 Å².